The zero-order valence-corrected chi connectivity index (χ0v) is 14.6. The van der Waals surface area contributed by atoms with Crippen molar-refractivity contribution in [3.8, 4) is 17.2 Å². The lowest BCUT2D eigenvalue weighted by atomic mass is 10.2. The van der Waals surface area contributed by atoms with Crippen LogP contribution in [0.25, 0.3) is 0 Å². The summed E-state index contributed by atoms with van der Waals surface area (Å²) in [5.74, 6) is 2.64. The van der Waals surface area contributed by atoms with Crippen molar-refractivity contribution >= 4 is 23.4 Å². The van der Waals surface area contributed by atoms with Crippen LogP contribution >= 0.6 is 11.8 Å². The van der Waals surface area contributed by atoms with Crippen LogP contribution in [0.5, 0.6) is 17.2 Å². The number of benzene rings is 2. The number of anilines is 1. The fourth-order valence-electron chi connectivity index (χ4n) is 2.05. The lowest BCUT2D eigenvalue weighted by molar-refractivity contribution is -0.117. The largest absolute Gasteiger partial charge is 0.493 e. The number of nitrogens with two attached hydrogens (primary N) is 1. The van der Waals surface area contributed by atoms with Gasteiger partial charge in [0.2, 0.25) is 5.91 Å². The molecule has 0 aliphatic heterocycles. The van der Waals surface area contributed by atoms with E-state index in [1.54, 1.807) is 43.1 Å². The van der Waals surface area contributed by atoms with Crippen LogP contribution in [0.2, 0.25) is 0 Å². The number of rotatable bonds is 8. The lowest BCUT2D eigenvalue weighted by Gasteiger charge is -2.13. The van der Waals surface area contributed by atoms with Gasteiger partial charge in [0.1, 0.15) is 5.75 Å². The second-order valence-electron chi connectivity index (χ2n) is 5.15. The first-order valence-electron chi connectivity index (χ1n) is 7.60. The molecule has 0 radical (unpaired) electrons. The Morgan fingerprint density at radius 3 is 2.46 bits per heavy atom. The van der Waals surface area contributed by atoms with Crippen LogP contribution in [0.15, 0.2) is 48.5 Å². The minimum Gasteiger partial charge on any atom is -0.493 e. The first-order chi connectivity index (χ1) is 11.6. The second kappa shape index (κ2) is 9.20. The Hall–Kier alpha value is -2.18. The number of para-hydroxylation sites is 2. The van der Waals surface area contributed by atoms with E-state index in [9.17, 15) is 4.79 Å². The molecule has 0 aliphatic rings. The standard InChI is InChI=1S/C18H22N2O3S/c1-22-16-5-3-4-6-17(16)23-14-9-7-13(8-10-14)20-18(21)15(19)11-12-24-2/h3-10,15H,11-12,19H2,1-2H3,(H,20,21)/t15-/m0/s1. The highest BCUT2D eigenvalue weighted by Crippen LogP contribution is 2.31. The Balaban J connectivity index is 1.96. The Kier molecular flexibility index (Phi) is 6.96. The molecule has 2 aromatic rings. The van der Waals surface area contributed by atoms with E-state index in [-0.39, 0.29) is 5.91 Å². The summed E-state index contributed by atoms with van der Waals surface area (Å²) in [7, 11) is 1.60. The van der Waals surface area contributed by atoms with Gasteiger partial charge in [-0.1, -0.05) is 12.1 Å². The SMILES string of the molecule is COc1ccccc1Oc1ccc(NC(=O)[C@@H](N)CCSC)cc1. The lowest BCUT2D eigenvalue weighted by Crippen LogP contribution is -2.36. The topological polar surface area (TPSA) is 73.6 Å². The van der Waals surface area contributed by atoms with Gasteiger partial charge in [-0.3, -0.25) is 4.79 Å². The van der Waals surface area contributed by atoms with Gasteiger partial charge < -0.3 is 20.5 Å². The van der Waals surface area contributed by atoms with Crippen LogP contribution in [0.1, 0.15) is 6.42 Å². The third-order valence-electron chi connectivity index (χ3n) is 3.39. The number of hydrogen-bond acceptors (Lipinski definition) is 5. The molecule has 5 nitrogen and oxygen atoms in total. The van der Waals surface area contributed by atoms with Crippen molar-refractivity contribution in [2.24, 2.45) is 5.73 Å². The Bertz CT molecular complexity index is 662. The molecule has 1 atom stereocenters. The van der Waals surface area contributed by atoms with Crippen LogP contribution in [0.4, 0.5) is 5.69 Å². The van der Waals surface area contributed by atoms with Crippen LogP contribution in [-0.4, -0.2) is 31.1 Å². The molecule has 0 unspecified atom stereocenters. The summed E-state index contributed by atoms with van der Waals surface area (Å²) in [6, 6.07) is 14.1. The summed E-state index contributed by atoms with van der Waals surface area (Å²) < 4.78 is 11.1. The third-order valence-corrected chi connectivity index (χ3v) is 4.03. The van der Waals surface area contributed by atoms with Gasteiger partial charge in [0.05, 0.1) is 13.2 Å². The van der Waals surface area contributed by atoms with E-state index in [4.69, 9.17) is 15.2 Å². The molecule has 0 fully saturated rings. The third kappa shape index (κ3) is 5.18. The molecule has 6 heteroatoms. The number of carbonyl (C=O) groups is 1. The van der Waals surface area contributed by atoms with E-state index in [2.05, 4.69) is 5.32 Å². The molecule has 0 aromatic heterocycles. The van der Waals surface area contributed by atoms with Crippen LogP contribution in [-0.2, 0) is 4.79 Å². The van der Waals surface area contributed by atoms with E-state index in [1.807, 2.05) is 30.5 Å². The fourth-order valence-corrected chi connectivity index (χ4v) is 2.54. The predicted molar refractivity (Wildman–Crippen MR) is 99.1 cm³/mol. The molecule has 2 aromatic carbocycles. The smallest absolute Gasteiger partial charge is 0.241 e. The normalized spacial score (nSPS) is 11.6. The highest BCUT2D eigenvalue weighted by molar-refractivity contribution is 7.98. The molecule has 0 spiro atoms. The number of methoxy groups -OCH3 is 1. The number of hydrogen-bond donors (Lipinski definition) is 2. The maximum atomic E-state index is 12.0. The van der Waals surface area contributed by atoms with E-state index in [0.717, 1.165) is 5.75 Å². The van der Waals surface area contributed by atoms with E-state index < -0.39 is 6.04 Å². The van der Waals surface area contributed by atoms with Gasteiger partial charge in [-0.25, -0.2) is 0 Å². The molecule has 0 saturated carbocycles. The van der Waals surface area contributed by atoms with Gasteiger partial charge in [0.15, 0.2) is 11.5 Å². The predicted octanol–water partition coefficient (Wildman–Crippen LogP) is 3.51. The first-order valence-corrected chi connectivity index (χ1v) is 8.99. The zero-order valence-electron chi connectivity index (χ0n) is 13.8. The van der Waals surface area contributed by atoms with Gasteiger partial charge in [0, 0.05) is 5.69 Å². The van der Waals surface area contributed by atoms with Crippen molar-refractivity contribution in [3.05, 3.63) is 48.5 Å². The van der Waals surface area contributed by atoms with Gasteiger partial charge >= 0.3 is 0 Å². The molecule has 128 valence electrons. The van der Waals surface area contributed by atoms with Crippen molar-refractivity contribution in [2.45, 2.75) is 12.5 Å². The average Bonchev–Trinajstić information content (AvgIpc) is 2.61. The quantitative estimate of drug-likeness (QED) is 0.765. The molecule has 3 N–H and O–H groups in total. The number of nitrogens with one attached hydrogen (secondary N) is 1. The number of ether oxygens (including phenoxy) is 2. The molecule has 0 aliphatic carbocycles. The van der Waals surface area contributed by atoms with Crippen LogP contribution < -0.4 is 20.5 Å². The average molecular weight is 346 g/mol. The second-order valence-corrected chi connectivity index (χ2v) is 6.14. The summed E-state index contributed by atoms with van der Waals surface area (Å²) in [4.78, 5) is 12.0. The maximum absolute atomic E-state index is 12.0. The highest BCUT2D eigenvalue weighted by atomic mass is 32.2. The van der Waals surface area contributed by atoms with Crippen molar-refractivity contribution in [1.82, 2.24) is 0 Å². The first kappa shape index (κ1) is 18.2. The van der Waals surface area contributed by atoms with E-state index >= 15 is 0 Å². The molecular formula is C18H22N2O3S. The molecule has 0 saturated heterocycles. The zero-order chi connectivity index (χ0) is 17.4. The van der Waals surface area contributed by atoms with Gasteiger partial charge in [-0.05, 0) is 54.8 Å². The molecule has 24 heavy (non-hydrogen) atoms. The van der Waals surface area contributed by atoms with Crippen LogP contribution in [0.3, 0.4) is 0 Å². The molecule has 1 amide bonds. The Labute approximate surface area is 146 Å². The maximum Gasteiger partial charge on any atom is 0.241 e. The van der Waals surface area contributed by atoms with Crippen LogP contribution in [0, 0.1) is 0 Å². The monoisotopic (exact) mass is 346 g/mol. The summed E-state index contributed by atoms with van der Waals surface area (Å²) >= 11 is 1.67. The number of thioether (sulfide) groups is 1. The number of carbonyl (C=O) groups excluding carboxylic acids is 1. The van der Waals surface area contributed by atoms with E-state index in [1.165, 1.54) is 0 Å². The van der Waals surface area contributed by atoms with Crippen molar-refractivity contribution in [1.29, 1.82) is 0 Å². The summed E-state index contributed by atoms with van der Waals surface area (Å²) in [6.45, 7) is 0. The summed E-state index contributed by atoms with van der Waals surface area (Å²) in [5.41, 5.74) is 6.54. The fraction of sp³-hybridized carbons (Fsp3) is 0.278. The van der Waals surface area contributed by atoms with E-state index in [0.29, 0.717) is 29.4 Å². The number of amides is 1. The summed E-state index contributed by atoms with van der Waals surface area (Å²) in [6.07, 6.45) is 2.65. The summed E-state index contributed by atoms with van der Waals surface area (Å²) in [5, 5.41) is 2.81. The van der Waals surface area contributed by atoms with Crippen molar-refractivity contribution in [3.63, 3.8) is 0 Å². The van der Waals surface area contributed by atoms with Gasteiger partial charge in [0.25, 0.3) is 0 Å². The molecule has 0 bridgehead atoms. The Morgan fingerprint density at radius 1 is 1.17 bits per heavy atom. The van der Waals surface area contributed by atoms with Gasteiger partial charge in [-0.15, -0.1) is 0 Å². The highest BCUT2D eigenvalue weighted by Gasteiger charge is 2.13. The van der Waals surface area contributed by atoms with Gasteiger partial charge in [-0.2, -0.15) is 11.8 Å². The minimum absolute atomic E-state index is 0.178. The Morgan fingerprint density at radius 2 is 1.83 bits per heavy atom. The van der Waals surface area contributed by atoms with Crippen molar-refractivity contribution in [2.75, 3.05) is 24.4 Å². The molecule has 2 rings (SSSR count). The molecular weight excluding hydrogens is 324 g/mol. The van der Waals surface area contributed by atoms with Crippen molar-refractivity contribution < 1.29 is 14.3 Å². The minimum atomic E-state index is -0.498. The molecule has 0 heterocycles.